The number of hydrogen-bond acceptors (Lipinski definition) is 4. The lowest BCUT2D eigenvalue weighted by atomic mass is 9.87. The number of aliphatic hydroxyl groups is 1. The lowest BCUT2D eigenvalue weighted by Gasteiger charge is -2.40. The van der Waals surface area contributed by atoms with Crippen LogP contribution in [0.1, 0.15) is 31.7 Å². The van der Waals surface area contributed by atoms with Gasteiger partial charge >= 0.3 is 0 Å². The molecule has 0 saturated carbocycles. The van der Waals surface area contributed by atoms with E-state index in [4.69, 9.17) is 9.47 Å². The Kier molecular flexibility index (Phi) is 3.81. The molecule has 1 N–H and O–H groups in total. The van der Waals surface area contributed by atoms with Gasteiger partial charge in [0.05, 0.1) is 0 Å². The highest BCUT2D eigenvalue weighted by Crippen LogP contribution is 2.36. The fourth-order valence-corrected chi connectivity index (χ4v) is 2.38. The first-order valence-corrected chi connectivity index (χ1v) is 6.06. The minimum Gasteiger partial charge on any atom is -0.382 e. The van der Waals surface area contributed by atoms with Crippen molar-refractivity contribution in [3.05, 3.63) is 18.2 Å². The molecular weight excluding hydrogens is 220 g/mol. The van der Waals surface area contributed by atoms with E-state index in [9.17, 15) is 5.11 Å². The van der Waals surface area contributed by atoms with Crippen LogP contribution in [0.4, 0.5) is 0 Å². The highest BCUT2D eigenvalue weighted by molar-refractivity contribution is 5.05. The smallest absolute Gasteiger partial charge is 0.141 e. The number of aromatic nitrogens is 2. The van der Waals surface area contributed by atoms with Crippen LogP contribution >= 0.6 is 0 Å². The Labute approximate surface area is 101 Å². The van der Waals surface area contributed by atoms with Gasteiger partial charge in [-0.1, -0.05) is 0 Å². The van der Waals surface area contributed by atoms with Crippen LogP contribution < -0.4 is 0 Å². The molecule has 1 saturated heterocycles. The summed E-state index contributed by atoms with van der Waals surface area (Å²) in [6.07, 6.45) is 4.23. The quantitative estimate of drug-likeness (QED) is 0.854. The zero-order valence-corrected chi connectivity index (χ0v) is 10.4. The summed E-state index contributed by atoms with van der Waals surface area (Å²) in [6.45, 7) is 3.78. The maximum Gasteiger partial charge on any atom is 0.141 e. The molecule has 5 nitrogen and oxygen atoms in total. The van der Waals surface area contributed by atoms with E-state index in [1.165, 1.54) is 0 Å². The van der Waals surface area contributed by atoms with Crippen LogP contribution in [0.25, 0.3) is 0 Å². The zero-order chi connectivity index (χ0) is 12.3. The van der Waals surface area contributed by atoms with Crippen molar-refractivity contribution < 1.29 is 14.6 Å². The fourth-order valence-electron chi connectivity index (χ4n) is 2.38. The molecule has 96 valence electrons. The topological polar surface area (TPSA) is 56.5 Å². The van der Waals surface area contributed by atoms with Crippen LogP contribution in [0.15, 0.2) is 12.4 Å². The molecule has 2 heterocycles. The van der Waals surface area contributed by atoms with E-state index in [0.717, 1.165) is 0 Å². The zero-order valence-electron chi connectivity index (χ0n) is 10.4. The second-order valence-corrected chi connectivity index (χ2v) is 4.41. The summed E-state index contributed by atoms with van der Waals surface area (Å²) in [6, 6.07) is 0. The summed E-state index contributed by atoms with van der Waals surface area (Å²) < 4.78 is 13.0. The standard InChI is InChI=1S/C12H20N2O3/c1-3-17-12(4-8-16-9-5-12)10(15)11-13-6-7-14(11)2/h6-7,10,15H,3-5,8-9H2,1-2H3. The van der Waals surface area contributed by atoms with Crippen LogP contribution in [0.2, 0.25) is 0 Å². The van der Waals surface area contributed by atoms with E-state index in [1.807, 2.05) is 24.7 Å². The van der Waals surface area contributed by atoms with Crippen molar-refractivity contribution in [2.45, 2.75) is 31.5 Å². The summed E-state index contributed by atoms with van der Waals surface area (Å²) in [5.74, 6) is 0.653. The first-order chi connectivity index (χ1) is 8.19. The molecule has 1 aromatic rings. The number of imidazole rings is 1. The SMILES string of the molecule is CCOC1(C(O)c2nccn2C)CCOCC1. The van der Waals surface area contributed by atoms with Crippen molar-refractivity contribution in [2.24, 2.45) is 7.05 Å². The van der Waals surface area contributed by atoms with Crippen LogP contribution in [0, 0.1) is 0 Å². The Hall–Kier alpha value is -0.910. The van der Waals surface area contributed by atoms with E-state index in [2.05, 4.69) is 4.98 Å². The van der Waals surface area contributed by atoms with Gasteiger partial charge in [0.1, 0.15) is 17.5 Å². The van der Waals surface area contributed by atoms with E-state index < -0.39 is 11.7 Å². The largest absolute Gasteiger partial charge is 0.382 e. The minimum atomic E-state index is -0.702. The van der Waals surface area contributed by atoms with Crippen molar-refractivity contribution in [3.63, 3.8) is 0 Å². The van der Waals surface area contributed by atoms with Gasteiger partial charge in [0.2, 0.25) is 0 Å². The van der Waals surface area contributed by atoms with Gasteiger partial charge in [0.15, 0.2) is 0 Å². The van der Waals surface area contributed by atoms with Gasteiger partial charge in [-0.25, -0.2) is 4.98 Å². The third-order valence-electron chi connectivity index (χ3n) is 3.37. The van der Waals surface area contributed by atoms with Crippen molar-refractivity contribution in [1.29, 1.82) is 0 Å². The number of rotatable bonds is 4. The van der Waals surface area contributed by atoms with Gasteiger partial charge in [-0.2, -0.15) is 0 Å². The average molecular weight is 240 g/mol. The fraction of sp³-hybridized carbons (Fsp3) is 0.750. The second kappa shape index (κ2) is 5.16. The van der Waals surface area contributed by atoms with Gasteiger partial charge in [-0.3, -0.25) is 0 Å². The number of ether oxygens (including phenoxy) is 2. The van der Waals surface area contributed by atoms with E-state index >= 15 is 0 Å². The summed E-state index contributed by atoms with van der Waals surface area (Å²) in [5.41, 5.74) is -0.549. The molecule has 0 aromatic carbocycles. The molecule has 1 unspecified atom stereocenters. The van der Waals surface area contributed by atoms with E-state index in [1.54, 1.807) is 6.20 Å². The molecule has 2 rings (SSSR count). The minimum absolute atomic E-state index is 0.549. The van der Waals surface area contributed by atoms with Crippen LogP contribution in [-0.4, -0.2) is 40.1 Å². The molecule has 0 bridgehead atoms. The van der Waals surface area contributed by atoms with Gasteiger partial charge in [0, 0.05) is 52.1 Å². The Morgan fingerprint density at radius 1 is 1.59 bits per heavy atom. The molecule has 1 aliphatic heterocycles. The molecule has 0 aliphatic carbocycles. The Bertz CT molecular complexity index is 353. The summed E-state index contributed by atoms with van der Waals surface area (Å²) in [7, 11) is 1.88. The molecule has 5 heteroatoms. The predicted octanol–water partition coefficient (Wildman–Crippen LogP) is 1.04. The van der Waals surface area contributed by atoms with Crippen molar-refractivity contribution in [1.82, 2.24) is 9.55 Å². The number of hydrogen-bond donors (Lipinski definition) is 1. The summed E-state index contributed by atoms with van der Waals surface area (Å²) >= 11 is 0. The van der Waals surface area contributed by atoms with Crippen molar-refractivity contribution in [3.8, 4) is 0 Å². The molecule has 0 spiro atoms. The van der Waals surface area contributed by atoms with Gasteiger partial charge in [-0.15, -0.1) is 0 Å². The van der Waals surface area contributed by atoms with Crippen LogP contribution in [0.3, 0.4) is 0 Å². The second-order valence-electron chi connectivity index (χ2n) is 4.41. The normalized spacial score (nSPS) is 21.4. The first-order valence-electron chi connectivity index (χ1n) is 6.06. The lowest BCUT2D eigenvalue weighted by molar-refractivity contribution is -0.170. The molecule has 1 aromatic heterocycles. The molecule has 17 heavy (non-hydrogen) atoms. The van der Waals surface area contributed by atoms with Crippen molar-refractivity contribution >= 4 is 0 Å². The van der Waals surface area contributed by atoms with Crippen molar-refractivity contribution in [2.75, 3.05) is 19.8 Å². The lowest BCUT2D eigenvalue weighted by Crippen LogP contribution is -2.45. The highest BCUT2D eigenvalue weighted by atomic mass is 16.5. The molecule has 0 amide bonds. The molecule has 1 fully saturated rings. The van der Waals surface area contributed by atoms with E-state index in [0.29, 0.717) is 38.5 Å². The number of nitrogens with zero attached hydrogens (tertiary/aromatic N) is 2. The third kappa shape index (κ3) is 2.36. The molecular formula is C12H20N2O3. The van der Waals surface area contributed by atoms with Crippen LogP contribution in [0.5, 0.6) is 0 Å². The summed E-state index contributed by atoms with van der Waals surface area (Å²) in [4.78, 5) is 4.21. The number of aliphatic hydroxyl groups excluding tert-OH is 1. The van der Waals surface area contributed by atoms with Gasteiger partial charge < -0.3 is 19.1 Å². The maximum absolute atomic E-state index is 10.5. The molecule has 1 atom stereocenters. The monoisotopic (exact) mass is 240 g/mol. The highest BCUT2D eigenvalue weighted by Gasteiger charge is 2.42. The van der Waals surface area contributed by atoms with E-state index in [-0.39, 0.29) is 0 Å². The summed E-state index contributed by atoms with van der Waals surface area (Å²) in [5, 5.41) is 10.5. The van der Waals surface area contributed by atoms with Gasteiger partial charge in [-0.05, 0) is 6.92 Å². The first kappa shape index (κ1) is 12.5. The molecule has 1 aliphatic rings. The third-order valence-corrected chi connectivity index (χ3v) is 3.37. The average Bonchev–Trinajstić information content (AvgIpc) is 2.76. The van der Waals surface area contributed by atoms with Gasteiger partial charge in [0.25, 0.3) is 0 Å². The Morgan fingerprint density at radius 2 is 2.29 bits per heavy atom. The van der Waals surface area contributed by atoms with Crippen LogP contribution in [-0.2, 0) is 16.5 Å². The number of aryl methyl sites for hydroxylation is 1. The Morgan fingerprint density at radius 3 is 2.82 bits per heavy atom. The molecule has 0 radical (unpaired) electrons. The maximum atomic E-state index is 10.5. The predicted molar refractivity (Wildman–Crippen MR) is 62.6 cm³/mol. The Balaban J connectivity index is 2.23.